The van der Waals surface area contributed by atoms with Crippen LogP contribution in [0.4, 0.5) is 11.4 Å². The Labute approximate surface area is 315 Å². The van der Waals surface area contributed by atoms with Crippen molar-refractivity contribution in [3.8, 4) is 12.3 Å². The molecule has 270 valence electrons. The molecule has 5 rings (SSSR count). The van der Waals surface area contributed by atoms with E-state index in [9.17, 15) is 0 Å². The summed E-state index contributed by atoms with van der Waals surface area (Å²) >= 11 is 0. The van der Waals surface area contributed by atoms with Crippen LogP contribution in [0.3, 0.4) is 0 Å². The molecule has 0 aliphatic carbocycles. The number of aryl methyl sites for hydroxylation is 8. The van der Waals surface area contributed by atoms with Crippen LogP contribution in [0.5, 0.6) is 0 Å². The molecule has 0 aliphatic heterocycles. The fourth-order valence-corrected chi connectivity index (χ4v) is 6.12. The van der Waals surface area contributed by atoms with Gasteiger partial charge in [0.25, 0.3) is 0 Å². The molecule has 4 N–H and O–H groups in total. The summed E-state index contributed by atoms with van der Waals surface area (Å²) in [6.07, 6.45) is 11.5. The highest BCUT2D eigenvalue weighted by atomic mass is 14.6. The number of anilines is 2. The summed E-state index contributed by atoms with van der Waals surface area (Å²) in [5.41, 5.74) is 31.5. The van der Waals surface area contributed by atoms with E-state index in [2.05, 4.69) is 134 Å². The lowest BCUT2D eigenvalue weighted by Crippen LogP contribution is -2.03. The van der Waals surface area contributed by atoms with Crippen LogP contribution in [-0.4, -0.2) is 0 Å². The first-order chi connectivity index (χ1) is 24.9. The Morgan fingerprint density at radius 3 is 1.12 bits per heavy atom. The van der Waals surface area contributed by atoms with Crippen molar-refractivity contribution in [3.63, 3.8) is 0 Å². The van der Waals surface area contributed by atoms with Crippen LogP contribution in [0.1, 0.15) is 114 Å². The third-order valence-corrected chi connectivity index (χ3v) is 9.52. The number of hydrogen-bond donors (Lipinski definition) is 2. The standard InChI is InChI=1S/C31H37N.C12H14.C7H9N/c1-8-23-14-24(9-2)17-27(16-23)21(6)29-12-20(5)13-30(31(29)32)22(7)28-18-25(10-3)15-26(11-4)19-28;1-4-10-7-11(5-2)9-12(6-3)8-10;1-6-2-4-7(8)5-3-6/h12-19H,6-11,32H2,1-5H3;1,7-9H,5-6H2,2-3H3;2-5H,8H2,1H3. The quantitative estimate of drug-likeness (QED) is 0.113. The fourth-order valence-electron chi connectivity index (χ4n) is 6.12. The topological polar surface area (TPSA) is 52.0 Å². The van der Waals surface area contributed by atoms with Gasteiger partial charge in [-0.25, -0.2) is 0 Å². The minimum atomic E-state index is 0.755. The monoisotopic (exact) mass is 688 g/mol. The molecule has 0 bridgehead atoms. The van der Waals surface area contributed by atoms with Crippen LogP contribution in [-0.2, 0) is 38.5 Å². The molecule has 2 nitrogen and oxygen atoms in total. The second kappa shape index (κ2) is 20.0. The van der Waals surface area contributed by atoms with Gasteiger partial charge in [-0.3, -0.25) is 0 Å². The number of nitrogens with two attached hydrogens (primary N) is 2. The van der Waals surface area contributed by atoms with E-state index in [0.29, 0.717) is 0 Å². The summed E-state index contributed by atoms with van der Waals surface area (Å²) in [4.78, 5) is 0. The number of terminal acetylenes is 1. The molecule has 52 heavy (non-hydrogen) atoms. The molecule has 0 fully saturated rings. The van der Waals surface area contributed by atoms with Gasteiger partial charge in [0, 0.05) is 28.1 Å². The van der Waals surface area contributed by atoms with Gasteiger partial charge in [0.1, 0.15) is 0 Å². The Bertz CT molecular complexity index is 1840. The molecule has 0 aromatic heterocycles. The predicted octanol–water partition coefficient (Wildman–Crippen LogP) is 12.3. The van der Waals surface area contributed by atoms with E-state index >= 15 is 0 Å². The van der Waals surface area contributed by atoms with Gasteiger partial charge in [0.05, 0.1) is 0 Å². The molecule has 0 unspecified atom stereocenters. The van der Waals surface area contributed by atoms with Gasteiger partial charge in [-0.2, -0.15) is 0 Å². The molecule has 0 spiro atoms. The van der Waals surface area contributed by atoms with E-state index in [4.69, 9.17) is 17.9 Å². The summed E-state index contributed by atoms with van der Waals surface area (Å²) in [6.45, 7) is 26.2. The number of benzene rings is 5. The lowest BCUT2D eigenvalue weighted by molar-refractivity contribution is 1.08. The van der Waals surface area contributed by atoms with Gasteiger partial charge >= 0.3 is 0 Å². The maximum absolute atomic E-state index is 6.79. The Morgan fingerprint density at radius 1 is 0.500 bits per heavy atom. The van der Waals surface area contributed by atoms with E-state index in [-0.39, 0.29) is 0 Å². The SMILES string of the molecule is C#Cc1cc(CC)cc(CC)c1.C=C(c1cc(CC)cc(CC)c1)c1cc(C)cc(C(=C)c2cc(CC)cc(CC)c2)c1N.Cc1ccc(N)cc1. The molecule has 0 radical (unpaired) electrons. The van der Waals surface area contributed by atoms with Gasteiger partial charge in [-0.1, -0.05) is 121 Å². The predicted molar refractivity (Wildman–Crippen MR) is 231 cm³/mol. The first kappa shape index (κ1) is 41.2. The summed E-state index contributed by atoms with van der Waals surface area (Å²) in [5, 5.41) is 0. The molecule has 0 aliphatic rings. The van der Waals surface area contributed by atoms with Crippen molar-refractivity contribution in [2.24, 2.45) is 0 Å². The van der Waals surface area contributed by atoms with Crippen LogP contribution >= 0.6 is 0 Å². The third-order valence-electron chi connectivity index (χ3n) is 9.52. The molecular formula is C50H60N2. The second-order valence-corrected chi connectivity index (χ2v) is 13.5. The highest BCUT2D eigenvalue weighted by Gasteiger charge is 2.16. The summed E-state index contributed by atoms with van der Waals surface area (Å²) < 4.78 is 0. The smallest absolute Gasteiger partial charge is 0.0473 e. The van der Waals surface area contributed by atoms with Gasteiger partial charge < -0.3 is 11.5 Å². The fraction of sp³-hybridized carbons (Fsp3) is 0.280. The molecule has 0 heterocycles. The minimum Gasteiger partial charge on any atom is -0.399 e. The van der Waals surface area contributed by atoms with Gasteiger partial charge in [-0.15, -0.1) is 6.42 Å². The van der Waals surface area contributed by atoms with E-state index < -0.39 is 0 Å². The van der Waals surface area contributed by atoms with Crippen molar-refractivity contribution in [2.45, 2.75) is 93.9 Å². The van der Waals surface area contributed by atoms with E-state index in [1.807, 2.05) is 31.2 Å². The van der Waals surface area contributed by atoms with E-state index in [1.165, 1.54) is 38.9 Å². The van der Waals surface area contributed by atoms with Crippen molar-refractivity contribution < 1.29 is 0 Å². The molecule has 2 heteroatoms. The highest BCUT2D eigenvalue weighted by molar-refractivity contribution is 5.93. The molecule has 5 aromatic carbocycles. The van der Waals surface area contributed by atoms with Gasteiger partial charge in [-0.05, 0) is 150 Å². The lowest BCUT2D eigenvalue weighted by atomic mass is 9.87. The first-order valence-corrected chi connectivity index (χ1v) is 18.9. The van der Waals surface area contributed by atoms with E-state index in [0.717, 1.165) is 94.4 Å². The van der Waals surface area contributed by atoms with E-state index in [1.54, 1.807) is 0 Å². The Balaban J connectivity index is 0.000000295. The zero-order valence-corrected chi connectivity index (χ0v) is 33.0. The maximum Gasteiger partial charge on any atom is 0.0473 e. The third kappa shape index (κ3) is 11.4. The normalized spacial score (nSPS) is 10.3. The zero-order chi connectivity index (χ0) is 38.4. The average molecular weight is 689 g/mol. The highest BCUT2D eigenvalue weighted by Crippen LogP contribution is 2.36. The van der Waals surface area contributed by atoms with Crippen molar-refractivity contribution >= 4 is 22.5 Å². The van der Waals surface area contributed by atoms with Crippen LogP contribution < -0.4 is 11.5 Å². The van der Waals surface area contributed by atoms with Crippen molar-refractivity contribution in [1.82, 2.24) is 0 Å². The average Bonchev–Trinajstić information content (AvgIpc) is 3.18. The molecule has 5 aromatic rings. The number of nitrogen functional groups attached to an aromatic ring is 2. The zero-order valence-electron chi connectivity index (χ0n) is 33.0. The minimum absolute atomic E-state index is 0.755. The van der Waals surface area contributed by atoms with Crippen molar-refractivity contribution in [1.29, 1.82) is 0 Å². The Kier molecular flexibility index (Phi) is 15.8. The first-order valence-electron chi connectivity index (χ1n) is 18.9. The molecular weight excluding hydrogens is 629 g/mol. The van der Waals surface area contributed by atoms with Crippen LogP contribution in [0.25, 0.3) is 11.1 Å². The molecule has 0 amide bonds. The summed E-state index contributed by atoms with van der Waals surface area (Å²) in [5.74, 6) is 2.68. The molecule has 0 saturated carbocycles. The maximum atomic E-state index is 6.79. The largest absolute Gasteiger partial charge is 0.399 e. The van der Waals surface area contributed by atoms with Crippen LogP contribution in [0.2, 0.25) is 0 Å². The van der Waals surface area contributed by atoms with Gasteiger partial charge in [0.2, 0.25) is 0 Å². The summed E-state index contributed by atoms with van der Waals surface area (Å²) in [6, 6.07) is 32.0. The Hall–Kier alpha value is -5.26. The molecule has 0 atom stereocenters. The second-order valence-electron chi connectivity index (χ2n) is 13.5. The number of hydrogen-bond acceptors (Lipinski definition) is 2. The molecule has 0 saturated heterocycles. The van der Waals surface area contributed by atoms with Crippen LogP contribution in [0.15, 0.2) is 104 Å². The van der Waals surface area contributed by atoms with Crippen molar-refractivity contribution in [3.05, 3.63) is 176 Å². The number of rotatable bonds is 10. The summed E-state index contributed by atoms with van der Waals surface area (Å²) in [7, 11) is 0. The van der Waals surface area contributed by atoms with Crippen molar-refractivity contribution in [2.75, 3.05) is 11.5 Å². The Morgan fingerprint density at radius 2 is 0.827 bits per heavy atom. The lowest BCUT2D eigenvalue weighted by Gasteiger charge is -2.18. The van der Waals surface area contributed by atoms with Crippen LogP contribution in [0, 0.1) is 26.2 Å². The van der Waals surface area contributed by atoms with Gasteiger partial charge in [0.15, 0.2) is 0 Å².